The van der Waals surface area contributed by atoms with E-state index in [9.17, 15) is 14.4 Å². The van der Waals surface area contributed by atoms with Gasteiger partial charge in [0.2, 0.25) is 11.8 Å². The van der Waals surface area contributed by atoms with Gasteiger partial charge in [-0.3, -0.25) is 19.4 Å². The maximum Gasteiger partial charge on any atom is 0.258 e. The molecular weight excluding hydrogens is 332 g/mol. The van der Waals surface area contributed by atoms with E-state index in [0.29, 0.717) is 11.9 Å². The van der Waals surface area contributed by atoms with Gasteiger partial charge in [-0.15, -0.1) is 0 Å². The van der Waals surface area contributed by atoms with E-state index in [1.807, 2.05) is 18.2 Å². The molecular formula is C19H18N4O3. The van der Waals surface area contributed by atoms with Crippen molar-refractivity contribution in [3.05, 3.63) is 77.0 Å². The molecule has 132 valence electrons. The van der Waals surface area contributed by atoms with Crippen LogP contribution in [0.25, 0.3) is 10.8 Å². The number of nitrogens with zero attached hydrogens (tertiary/aromatic N) is 2. The van der Waals surface area contributed by atoms with Crippen molar-refractivity contribution in [1.29, 1.82) is 0 Å². The van der Waals surface area contributed by atoms with Gasteiger partial charge in [-0.1, -0.05) is 24.3 Å². The van der Waals surface area contributed by atoms with Crippen LogP contribution >= 0.6 is 0 Å². The molecule has 0 aliphatic rings. The van der Waals surface area contributed by atoms with E-state index in [4.69, 9.17) is 0 Å². The molecule has 0 aliphatic carbocycles. The lowest BCUT2D eigenvalue weighted by Crippen LogP contribution is -2.39. The van der Waals surface area contributed by atoms with Crippen LogP contribution in [0.5, 0.6) is 0 Å². The summed E-state index contributed by atoms with van der Waals surface area (Å²) in [5.74, 6) is -0.731. The summed E-state index contributed by atoms with van der Waals surface area (Å²) in [6, 6.07) is 14.4. The van der Waals surface area contributed by atoms with E-state index in [0.717, 1.165) is 11.1 Å². The first-order valence-corrected chi connectivity index (χ1v) is 8.15. The zero-order chi connectivity index (χ0) is 18.4. The van der Waals surface area contributed by atoms with Gasteiger partial charge in [0.1, 0.15) is 6.54 Å². The number of rotatable bonds is 6. The quantitative estimate of drug-likeness (QED) is 0.689. The van der Waals surface area contributed by atoms with Gasteiger partial charge in [-0.25, -0.2) is 0 Å². The number of carbonyl (C=O) groups excluding carboxylic acids is 2. The summed E-state index contributed by atoms with van der Waals surface area (Å²) in [5.41, 5.74) is 0.493. The largest absolute Gasteiger partial charge is 0.349 e. The van der Waals surface area contributed by atoms with Gasteiger partial charge < -0.3 is 15.2 Å². The Balaban J connectivity index is 1.52. The van der Waals surface area contributed by atoms with E-state index in [1.54, 1.807) is 42.7 Å². The van der Waals surface area contributed by atoms with Crippen LogP contribution in [0.2, 0.25) is 0 Å². The van der Waals surface area contributed by atoms with E-state index in [2.05, 4.69) is 15.6 Å². The number of pyridine rings is 2. The number of aromatic nitrogens is 2. The average Bonchev–Trinajstić information content (AvgIpc) is 2.68. The lowest BCUT2D eigenvalue weighted by atomic mass is 10.2. The summed E-state index contributed by atoms with van der Waals surface area (Å²) in [6.07, 6.45) is 3.22. The van der Waals surface area contributed by atoms with Gasteiger partial charge in [0.15, 0.2) is 0 Å². The zero-order valence-corrected chi connectivity index (χ0v) is 14.0. The Bertz CT molecular complexity index is 983. The fraction of sp³-hybridized carbons (Fsp3) is 0.158. The molecule has 0 spiro atoms. The SMILES string of the molecule is O=C(CNC(=O)Cn1ccc2ccccc2c1=O)NCc1ccccn1. The van der Waals surface area contributed by atoms with Crippen molar-refractivity contribution in [3.8, 4) is 0 Å². The summed E-state index contributed by atoms with van der Waals surface area (Å²) in [6.45, 7) is -0.00906. The Morgan fingerprint density at radius 1 is 0.962 bits per heavy atom. The number of benzene rings is 1. The lowest BCUT2D eigenvalue weighted by Gasteiger charge is -2.09. The number of hydrogen-bond donors (Lipinski definition) is 2. The Labute approximate surface area is 149 Å². The van der Waals surface area contributed by atoms with Crippen LogP contribution in [0.1, 0.15) is 5.69 Å². The third kappa shape index (κ3) is 4.32. The lowest BCUT2D eigenvalue weighted by molar-refractivity contribution is -0.126. The topological polar surface area (TPSA) is 93.1 Å². The van der Waals surface area contributed by atoms with Crippen molar-refractivity contribution in [2.45, 2.75) is 13.1 Å². The molecule has 26 heavy (non-hydrogen) atoms. The van der Waals surface area contributed by atoms with Gasteiger partial charge in [0, 0.05) is 17.8 Å². The molecule has 3 aromatic rings. The summed E-state index contributed by atoms with van der Waals surface area (Å²) in [4.78, 5) is 40.3. The highest BCUT2D eigenvalue weighted by atomic mass is 16.2. The van der Waals surface area contributed by atoms with Crippen molar-refractivity contribution < 1.29 is 9.59 Å². The Kier molecular flexibility index (Phi) is 5.38. The molecule has 0 saturated carbocycles. The molecule has 0 unspecified atom stereocenters. The van der Waals surface area contributed by atoms with Gasteiger partial charge in [-0.2, -0.15) is 0 Å². The Morgan fingerprint density at radius 3 is 2.58 bits per heavy atom. The monoisotopic (exact) mass is 350 g/mol. The average molecular weight is 350 g/mol. The van der Waals surface area contributed by atoms with Crippen molar-refractivity contribution in [1.82, 2.24) is 20.2 Å². The van der Waals surface area contributed by atoms with Gasteiger partial charge in [-0.05, 0) is 29.7 Å². The summed E-state index contributed by atoms with van der Waals surface area (Å²) < 4.78 is 1.32. The molecule has 7 nitrogen and oxygen atoms in total. The molecule has 0 atom stereocenters. The van der Waals surface area contributed by atoms with Crippen LogP contribution in [-0.4, -0.2) is 27.9 Å². The second-order valence-corrected chi connectivity index (χ2v) is 5.71. The van der Waals surface area contributed by atoms with Crippen LogP contribution in [0.15, 0.2) is 65.7 Å². The molecule has 2 aromatic heterocycles. The molecule has 0 saturated heterocycles. The first kappa shape index (κ1) is 17.3. The van der Waals surface area contributed by atoms with Crippen LogP contribution in [0.4, 0.5) is 0 Å². The first-order valence-electron chi connectivity index (χ1n) is 8.15. The minimum absolute atomic E-state index is 0.142. The summed E-state index contributed by atoms with van der Waals surface area (Å²) in [7, 11) is 0. The van der Waals surface area contributed by atoms with Gasteiger partial charge in [0.25, 0.3) is 5.56 Å². The van der Waals surface area contributed by atoms with Crippen molar-refractivity contribution in [3.63, 3.8) is 0 Å². The zero-order valence-electron chi connectivity index (χ0n) is 14.0. The second-order valence-electron chi connectivity index (χ2n) is 5.71. The number of carbonyl (C=O) groups is 2. The highest BCUT2D eigenvalue weighted by Crippen LogP contribution is 2.07. The third-order valence-electron chi connectivity index (χ3n) is 3.84. The van der Waals surface area contributed by atoms with Crippen LogP contribution < -0.4 is 16.2 Å². The summed E-state index contributed by atoms with van der Waals surface area (Å²) >= 11 is 0. The summed E-state index contributed by atoms with van der Waals surface area (Å²) in [5, 5.41) is 6.55. The third-order valence-corrected chi connectivity index (χ3v) is 3.84. The molecule has 2 N–H and O–H groups in total. The fourth-order valence-corrected chi connectivity index (χ4v) is 2.50. The van der Waals surface area contributed by atoms with Crippen LogP contribution in [-0.2, 0) is 22.7 Å². The number of fused-ring (bicyclic) bond motifs is 1. The predicted octanol–water partition coefficient (Wildman–Crippen LogP) is 0.829. The smallest absolute Gasteiger partial charge is 0.258 e. The normalized spacial score (nSPS) is 10.5. The molecule has 7 heteroatoms. The molecule has 0 fully saturated rings. The predicted molar refractivity (Wildman–Crippen MR) is 97.3 cm³/mol. The second kappa shape index (κ2) is 8.06. The van der Waals surface area contributed by atoms with E-state index in [-0.39, 0.29) is 24.6 Å². The number of amides is 2. The molecule has 3 rings (SSSR count). The van der Waals surface area contributed by atoms with E-state index < -0.39 is 5.91 Å². The van der Waals surface area contributed by atoms with Crippen molar-refractivity contribution >= 4 is 22.6 Å². The standard InChI is InChI=1S/C19H18N4O3/c24-17(21-11-15-6-3-4-9-20-15)12-22-18(25)13-23-10-8-14-5-1-2-7-16(14)19(23)26/h1-10H,11-13H2,(H,21,24)(H,22,25). The molecule has 0 bridgehead atoms. The van der Waals surface area contributed by atoms with Gasteiger partial charge in [0.05, 0.1) is 18.8 Å². The van der Waals surface area contributed by atoms with E-state index >= 15 is 0 Å². The van der Waals surface area contributed by atoms with Crippen LogP contribution in [0.3, 0.4) is 0 Å². The number of nitrogens with one attached hydrogen (secondary N) is 2. The number of hydrogen-bond acceptors (Lipinski definition) is 4. The van der Waals surface area contributed by atoms with Crippen LogP contribution in [0, 0.1) is 0 Å². The highest BCUT2D eigenvalue weighted by molar-refractivity contribution is 5.85. The highest BCUT2D eigenvalue weighted by Gasteiger charge is 2.09. The minimum atomic E-state index is -0.407. The molecule has 2 heterocycles. The molecule has 2 amide bonds. The first-order chi connectivity index (χ1) is 12.6. The maximum atomic E-state index is 12.4. The van der Waals surface area contributed by atoms with Crippen molar-refractivity contribution in [2.75, 3.05) is 6.54 Å². The van der Waals surface area contributed by atoms with Crippen molar-refractivity contribution in [2.24, 2.45) is 0 Å². The molecule has 0 radical (unpaired) electrons. The molecule has 1 aromatic carbocycles. The maximum absolute atomic E-state index is 12.4. The molecule has 0 aliphatic heterocycles. The fourth-order valence-electron chi connectivity index (χ4n) is 2.50. The Morgan fingerprint density at radius 2 is 1.77 bits per heavy atom. The van der Waals surface area contributed by atoms with Gasteiger partial charge >= 0.3 is 0 Å². The Hall–Kier alpha value is -3.48. The minimum Gasteiger partial charge on any atom is -0.349 e. The van der Waals surface area contributed by atoms with E-state index in [1.165, 1.54) is 4.57 Å².